The van der Waals surface area contributed by atoms with Crippen molar-refractivity contribution in [2.24, 2.45) is 11.3 Å². The highest BCUT2D eigenvalue weighted by Crippen LogP contribution is 2.45. The van der Waals surface area contributed by atoms with Gasteiger partial charge in [-0.15, -0.1) is 11.3 Å². The zero-order valence-corrected chi connectivity index (χ0v) is 20.6. The van der Waals surface area contributed by atoms with Gasteiger partial charge in [0.05, 0.1) is 12.7 Å². The second kappa shape index (κ2) is 8.95. The molecule has 0 radical (unpaired) electrons. The number of amides is 1. The van der Waals surface area contributed by atoms with Gasteiger partial charge in [-0.05, 0) is 60.4 Å². The van der Waals surface area contributed by atoms with Crippen LogP contribution in [-0.4, -0.2) is 19.0 Å². The summed E-state index contributed by atoms with van der Waals surface area (Å²) in [6, 6.07) is 6.26. The molecule has 0 saturated heterocycles. The van der Waals surface area contributed by atoms with Crippen molar-refractivity contribution >= 4 is 50.8 Å². The molecule has 3 aromatic rings. The third-order valence-corrected chi connectivity index (χ3v) is 8.24. The molecule has 0 aliphatic heterocycles. The molecule has 2 aromatic heterocycles. The van der Waals surface area contributed by atoms with Crippen molar-refractivity contribution in [3.8, 4) is 0 Å². The number of halogens is 1. The molecular formula is C25H26ClNO5S. The van der Waals surface area contributed by atoms with Crippen LogP contribution in [0, 0.1) is 11.3 Å². The molecule has 0 fully saturated rings. The number of anilines is 1. The minimum Gasteiger partial charge on any atom is -0.465 e. The lowest BCUT2D eigenvalue weighted by atomic mass is 9.69. The lowest BCUT2D eigenvalue weighted by Gasteiger charge is -2.36. The Morgan fingerprint density at radius 2 is 2.06 bits per heavy atom. The van der Waals surface area contributed by atoms with E-state index in [1.165, 1.54) is 24.5 Å². The minimum atomic E-state index is -0.756. The number of rotatable bonds is 5. The minimum absolute atomic E-state index is 0.156. The van der Waals surface area contributed by atoms with Crippen LogP contribution in [0.3, 0.4) is 0 Å². The molecule has 4 rings (SSSR count). The summed E-state index contributed by atoms with van der Waals surface area (Å²) in [5.41, 5.74) is 0.925. The number of methoxy groups -OCH3 is 1. The normalized spacial score (nSPS) is 15.8. The predicted octanol–water partition coefficient (Wildman–Crippen LogP) is 6.09. The van der Waals surface area contributed by atoms with Crippen LogP contribution in [0.1, 0.15) is 64.8 Å². The summed E-state index contributed by atoms with van der Waals surface area (Å²) in [6.07, 6.45) is 3.62. The smallest absolute Gasteiger partial charge is 0.349 e. The summed E-state index contributed by atoms with van der Waals surface area (Å²) in [5, 5.41) is 4.17. The summed E-state index contributed by atoms with van der Waals surface area (Å²) in [6.45, 7) is 6.73. The van der Waals surface area contributed by atoms with Crippen molar-refractivity contribution < 1.29 is 18.7 Å². The molecule has 174 valence electrons. The first kappa shape index (κ1) is 23.5. The van der Waals surface area contributed by atoms with Gasteiger partial charge in [0, 0.05) is 15.3 Å². The van der Waals surface area contributed by atoms with Gasteiger partial charge in [0.15, 0.2) is 0 Å². The Labute approximate surface area is 200 Å². The third-order valence-electron chi connectivity index (χ3n) is 6.84. The van der Waals surface area contributed by atoms with E-state index in [1.54, 1.807) is 18.2 Å². The Balaban J connectivity index is 1.70. The van der Waals surface area contributed by atoms with Crippen molar-refractivity contribution in [3.63, 3.8) is 0 Å². The molecule has 1 amide bonds. The molecule has 1 aromatic carbocycles. The molecule has 2 heterocycles. The van der Waals surface area contributed by atoms with Crippen LogP contribution in [-0.2, 0) is 17.6 Å². The van der Waals surface area contributed by atoms with Crippen LogP contribution in [0.5, 0.6) is 0 Å². The van der Waals surface area contributed by atoms with Gasteiger partial charge < -0.3 is 14.5 Å². The number of esters is 1. The largest absolute Gasteiger partial charge is 0.465 e. The number of hydrogen-bond acceptors (Lipinski definition) is 6. The summed E-state index contributed by atoms with van der Waals surface area (Å²) in [4.78, 5) is 39.2. The standard InChI is InChI=1S/C25H26ClNO5S/c1-5-25(2,3)14-6-8-16-19(12-14)33-22(20(16)24(30)31-4)27-21(28)17-11-13-10-15(26)7-9-18(13)32-23(17)29/h7,9-11,14H,5-6,8,12H2,1-4H3,(H,27,28)/t14-/m1/s1. The van der Waals surface area contributed by atoms with E-state index in [9.17, 15) is 14.4 Å². The number of carbonyl (C=O) groups is 2. The topological polar surface area (TPSA) is 85.6 Å². The van der Waals surface area contributed by atoms with Gasteiger partial charge in [0.25, 0.3) is 5.91 Å². The highest BCUT2D eigenvalue weighted by atomic mass is 35.5. The Morgan fingerprint density at radius 1 is 1.30 bits per heavy atom. The quantitative estimate of drug-likeness (QED) is 0.347. The van der Waals surface area contributed by atoms with Crippen molar-refractivity contribution in [3.05, 3.63) is 61.3 Å². The van der Waals surface area contributed by atoms with Crippen LogP contribution in [0.15, 0.2) is 33.5 Å². The van der Waals surface area contributed by atoms with Gasteiger partial charge in [-0.2, -0.15) is 0 Å². The average molecular weight is 488 g/mol. The maximum Gasteiger partial charge on any atom is 0.349 e. The maximum absolute atomic E-state index is 13.1. The first-order chi connectivity index (χ1) is 15.6. The fourth-order valence-electron chi connectivity index (χ4n) is 4.37. The number of fused-ring (bicyclic) bond motifs is 2. The van der Waals surface area contributed by atoms with Crippen LogP contribution < -0.4 is 10.9 Å². The molecule has 6 nitrogen and oxygen atoms in total. The molecule has 1 aliphatic rings. The van der Waals surface area contributed by atoms with Crippen LogP contribution >= 0.6 is 22.9 Å². The molecule has 0 bridgehead atoms. The van der Waals surface area contributed by atoms with Crippen LogP contribution in [0.4, 0.5) is 5.00 Å². The number of benzene rings is 1. The third kappa shape index (κ3) is 4.44. The highest BCUT2D eigenvalue weighted by Gasteiger charge is 2.35. The van der Waals surface area contributed by atoms with E-state index in [-0.39, 0.29) is 11.0 Å². The fraction of sp³-hybridized carbons (Fsp3) is 0.400. The van der Waals surface area contributed by atoms with E-state index < -0.39 is 17.5 Å². The Kier molecular flexibility index (Phi) is 6.38. The van der Waals surface area contributed by atoms with Gasteiger partial charge in [0.1, 0.15) is 16.1 Å². The first-order valence-corrected chi connectivity index (χ1v) is 12.1. The highest BCUT2D eigenvalue weighted by molar-refractivity contribution is 7.17. The predicted molar refractivity (Wildman–Crippen MR) is 131 cm³/mol. The number of hydrogen-bond donors (Lipinski definition) is 1. The van der Waals surface area contributed by atoms with Gasteiger partial charge in [0.2, 0.25) is 0 Å². The van der Waals surface area contributed by atoms with E-state index in [0.717, 1.165) is 36.1 Å². The summed E-state index contributed by atoms with van der Waals surface area (Å²) in [5.74, 6) is -0.645. The van der Waals surface area contributed by atoms with Gasteiger partial charge in [-0.3, -0.25) is 4.79 Å². The van der Waals surface area contributed by atoms with Crippen molar-refractivity contribution in [1.82, 2.24) is 0 Å². The zero-order chi connectivity index (χ0) is 23.9. The van der Waals surface area contributed by atoms with E-state index in [0.29, 0.717) is 32.5 Å². The molecule has 1 aliphatic carbocycles. The summed E-state index contributed by atoms with van der Waals surface area (Å²) in [7, 11) is 1.32. The van der Waals surface area contributed by atoms with E-state index in [4.69, 9.17) is 20.8 Å². The number of thiophene rings is 1. The molecule has 0 unspecified atom stereocenters. The average Bonchev–Trinajstić information content (AvgIpc) is 3.15. The van der Waals surface area contributed by atoms with Gasteiger partial charge in [-0.25, -0.2) is 9.59 Å². The molecule has 0 saturated carbocycles. The van der Waals surface area contributed by atoms with Gasteiger partial charge in [-0.1, -0.05) is 38.8 Å². The SMILES string of the molecule is CCC(C)(C)[C@@H]1CCc2c(sc(NC(=O)c3cc4cc(Cl)ccc4oc3=O)c2C(=O)OC)C1. The monoisotopic (exact) mass is 487 g/mol. The number of carbonyl (C=O) groups excluding carboxylic acids is 2. The van der Waals surface area contributed by atoms with Crippen molar-refractivity contribution in [2.75, 3.05) is 12.4 Å². The van der Waals surface area contributed by atoms with Gasteiger partial charge >= 0.3 is 11.6 Å². The van der Waals surface area contributed by atoms with Crippen LogP contribution in [0.2, 0.25) is 5.02 Å². The second-order valence-electron chi connectivity index (χ2n) is 9.07. The van der Waals surface area contributed by atoms with E-state index in [2.05, 4.69) is 26.1 Å². The number of ether oxygens (including phenoxy) is 1. The Bertz CT molecular complexity index is 1310. The molecular weight excluding hydrogens is 462 g/mol. The zero-order valence-electron chi connectivity index (χ0n) is 19.0. The Morgan fingerprint density at radius 3 is 2.76 bits per heavy atom. The van der Waals surface area contributed by atoms with Crippen molar-refractivity contribution in [1.29, 1.82) is 0 Å². The lowest BCUT2D eigenvalue weighted by molar-refractivity contribution is 0.0600. The fourth-order valence-corrected chi connectivity index (χ4v) is 5.86. The summed E-state index contributed by atoms with van der Waals surface area (Å²) < 4.78 is 10.3. The Hall–Kier alpha value is -2.64. The van der Waals surface area contributed by atoms with Crippen LogP contribution in [0.25, 0.3) is 11.0 Å². The van der Waals surface area contributed by atoms with E-state index in [1.807, 2.05) is 0 Å². The van der Waals surface area contributed by atoms with E-state index >= 15 is 0 Å². The maximum atomic E-state index is 13.1. The molecule has 8 heteroatoms. The summed E-state index contributed by atoms with van der Waals surface area (Å²) >= 11 is 7.42. The molecule has 33 heavy (non-hydrogen) atoms. The molecule has 0 spiro atoms. The second-order valence-corrected chi connectivity index (χ2v) is 10.6. The lowest BCUT2D eigenvalue weighted by Crippen LogP contribution is -2.28. The first-order valence-electron chi connectivity index (χ1n) is 10.9. The van der Waals surface area contributed by atoms with Crippen molar-refractivity contribution in [2.45, 2.75) is 46.5 Å². The molecule has 1 atom stereocenters. The molecule has 1 N–H and O–H groups in total. The number of nitrogens with one attached hydrogen (secondary N) is 1.